The summed E-state index contributed by atoms with van der Waals surface area (Å²) >= 11 is 0. The lowest BCUT2D eigenvalue weighted by atomic mass is 9.98. The number of hydrogen-bond donors (Lipinski definition) is 0. The summed E-state index contributed by atoms with van der Waals surface area (Å²) in [4.78, 5) is 9.93. The molecule has 1 atom stereocenters. The summed E-state index contributed by atoms with van der Waals surface area (Å²) in [5, 5.41) is 18.8. The van der Waals surface area contributed by atoms with Crippen LogP contribution in [0.15, 0.2) is 24.3 Å². The molecule has 0 fully saturated rings. The summed E-state index contributed by atoms with van der Waals surface area (Å²) in [7, 11) is 0. The Morgan fingerprint density at radius 2 is 2.07 bits per heavy atom. The number of non-ortho nitro benzene ring substituents is 1. The number of nitrogens with zero attached hydrogens (tertiary/aromatic N) is 2. The van der Waals surface area contributed by atoms with Gasteiger partial charge in [-0.1, -0.05) is 19.1 Å². The summed E-state index contributed by atoms with van der Waals surface area (Å²) in [5.74, 6) is 0.126. The lowest BCUT2D eigenvalue weighted by Crippen LogP contribution is -1.93. The normalized spacial score (nSPS) is 11.7. The van der Waals surface area contributed by atoms with Crippen LogP contribution in [0.5, 0.6) is 0 Å². The van der Waals surface area contributed by atoms with Crippen molar-refractivity contribution in [3.63, 3.8) is 0 Å². The number of nitriles is 1. The van der Waals surface area contributed by atoms with Gasteiger partial charge in [-0.25, -0.2) is 0 Å². The molecule has 0 aromatic heterocycles. The van der Waals surface area contributed by atoms with Gasteiger partial charge in [0.25, 0.3) is 5.69 Å². The van der Waals surface area contributed by atoms with E-state index < -0.39 is 4.92 Å². The van der Waals surface area contributed by atoms with E-state index in [4.69, 9.17) is 5.26 Å². The molecule has 0 aliphatic rings. The summed E-state index contributed by atoms with van der Waals surface area (Å²) < 4.78 is 0. The van der Waals surface area contributed by atoms with Gasteiger partial charge in [0.05, 0.1) is 11.0 Å². The lowest BCUT2D eigenvalue weighted by Gasteiger charge is -2.05. The fourth-order valence-corrected chi connectivity index (χ4v) is 1.18. The van der Waals surface area contributed by atoms with E-state index in [-0.39, 0.29) is 11.6 Å². The van der Waals surface area contributed by atoms with E-state index in [0.717, 1.165) is 5.56 Å². The average Bonchev–Trinajstić information content (AvgIpc) is 2.18. The molecule has 1 unspecified atom stereocenters. The Bertz CT molecular complexity index is 365. The number of hydrogen-bond acceptors (Lipinski definition) is 3. The van der Waals surface area contributed by atoms with Crippen molar-refractivity contribution in [3.05, 3.63) is 39.9 Å². The second kappa shape index (κ2) is 4.38. The van der Waals surface area contributed by atoms with E-state index in [1.54, 1.807) is 12.1 Å². The molecular formula is C10H10N2O2. The summed E-state index contributed by atoms with van der Waals surface area (Å²) in [6, 6.07) is 8.38. The standard InChI is InChI=1S/C10H10N2O2/c1-8(6-7-11)9-2-4-10(5-3-9)12(13)14/h2-5,8H,6H2,1H3. The first-order valence-corrected chi connectivity index (χ1v) is 4.26. The van der Waals surface area contributed by atoms with Gasteiger partial charge in [-0.15, -0.1) is 0 Å². The molecule has 0 heterocycles. The molecule has 1 rings (SSSR count). The Balaban J connectivity index is 2.84. The maximum atomic E-state index is 10.4. The monoisotopic (exact) mass is 190 g/mol. The van der Waals surface area contributed by atoms with E-state index in [9.17, 15) is 10.1 Å². The Kier molecular flexibility index (Phi) is 3.19. The van der Waals surface area contributed by atoms with Gasteiger partial charge in [-0.05, 0) is 11.5 Å². The zero-order chi connectivity index (χ0) is 10.6. The second-order valence-electron chi connectivity index (χ2n) is 3.11. The van der Waals surface area contributed by atoms with E-state index in [1.807, 2.05) is 6.92 Å². The van der Waals surface area contributed by atoms with Gasteiger partial charge in [0.2, 0.25) is 0 Å². The Hall–Kier alpha value is -1.89. The number of benzene rings is 1. The topological polar surface area (TPSA) is 66.9 Å². The molecule has 0 aliphatic heterocycles. The van der Waals surface area contributed by atoms with Crippen molar-refractivity contribution < 1.29 is 4.92 Å². The maximum absolute atomic E-state index is 10.4. The minimum atomic E-state index is -0.432. The van der Waals surface area contributed by atoms with Gasteiger partial charge in [0.1, 0.15) is 0 Å². The van der Waals surface area contributed by atoms with Crippen LogP contribution in [0, 0.1) is 21.4 Å². The molecular weight excluding hydrogens is 180 g/mol. The number of nitro benzene ring substituents is 1. The zero-order valence-electron chi connectivity index (χ0n) is 7.80. The first-order chi connectivity index (χ1) is 6.65. The molecule has 1 aromatic carbocycles. The fourth-order valence-electron chi connectivity index (χ4n) is 1.18. The Morgan fingerprint density at radius 1 is 1.50 bits per heavy atom. The van der Waals surface area contributed by atoms with Crippen molar-refractivity contribution in [1.29, 1.82) is 5.26 Å². The third-order valence-electron chi connectivity index (χ3n) is 2.07. The van der Waals surface area contributed by atoms with Gasteiger partial charge in [0.15, 0.2) is 0 Å². The molecule has 4 heteroatoms. The quantitative estimate of drug-likeness (QED) is 0.543. The third kappa shape index (κ3) is 2.30. The molecule has 4 nitrogen and oxygen atoms in total. The summed E-state index contributed by atoms with van der Waals surface area (Å²) in [5.41, 5.74) is 1.04. The van der Waals surface area contributed by atoms with Gasteiger partial charge < -0.3 is 0 Å². The summed E-state index contributed by atoms with van der Waals surface area (Å²) in [6.07, 6.45) is 0.428. The first-order valence-electron chi connectivity index (χ1n) is 4.26. The maximum Gasteiger partial charge on any atom is 0.269 e. The van der Waals surface area contributed by atoms with Crippen LogP contribution in [0.25, 0.3) is 0 Å². The molecule has 0 spiro atoms. The van der Waals surface area contributed by atoms with Crippen LogP contribution in [0.4, 0.5) is 5.69 Å². The van der Waals surface area contributed by atoms with Crippen molar-refractivity contribution in [3.8, 4) is 6.07 Å². The minimum absolute atomic E-state index is 0.0814. The molecule has 0 bridgehead atoms. The third-order valence-corrected chi connectivity index (χ3v) is 2.07. The van der Waals surface area contributed by atoms with E-state index >= 15 is 0 Å². The lowest BCUT2D eigenvalue weighted by molar-refractivity contribution is -0.384. The fraction of sp³-hybridized carbons (Fsp3) is 0.300. The SMILES string of the molecule is CC(CC#N)c1ccc([N+](=O)[O-])cc1. The highest BCUT2D eigenvalue weighted by Crippen LogP contribution is 2.21. The van der Waals surface area contributed by atoms with Crippen LogP contribution in [0.3, 0.4) is 0 Å². The molecule has 0 amide bonds. The Labute approximate surface area is 81.9 Å². The van der Waals surface area contributed by atoms with E-state index in [0.29, 0.717) is 6.42 Å². The van der Waals surface area contributed by atoms with Crippen LogP contribution < -0.4 is 0 Å². The predicted molar refractivity (Wildman–Crippen MR) is 51.7 cm³/mol. The summed E-state index contributed by atoms with van der Waals surface area (Å²) in [6.45, 7) is 1.92. The van der Waals surface area contributed by atoms with Crippen LogP contribution in [0.1, 0.15) is 24.8 Å². The van der Waals surface area contributed by atoms with Crippen molar-refractivity contribution in [1.82, 2.24) is 0 Å². The zero-order valence-corrected chi connectivity index (χ0v) is 7.80. The van der Waals surface area contributed by atoms with Gasteiger partial charge in [-0.3, -0.25) is 10.1 Å². The molecule has 72 valence electrons. The van der Waals surface area contributed by atoms with Crippen LogP contribution in [-0.4, -0.2) is 4.92 Å². The molecule has 0 aliphatic carbocycles. The van der Waals surface area contributed by atoms with Crippen LogP contribution >= 0.6 is 0 Å². The van der Waals surface area contributed by atoms with Gasteiger partial charge in [0, 0.05) is 18.6 Å². The van der Waals surface area contributed by atoms with Crippen molar-refractivity contribution >= 4 is 5.69 Å². The molecule has 0 saturated carbocycles. The van der Waals surface area contributed by atoms with Crippen molar-refractivity contribution in [2.24, 2.45) is 0 Å². The van der Waals surface area contributed by atoms with Crippen molar-refractivity contribution in [2.75, 3.05) is 0 Å². The Morgan fingerprint density at radius 3 is 2.50 bits per heavy atom. The van der Waals surface area contributed by atoms with Crippen LogP contribution in [-0.2, 0) is 0 Å². The van der Waals surface area contributed by atoms with E-state index in [2.05, 4.69) is 6.07 Å². The smallest absolute Gasteiger partial charge is 0.258 e. The molecule has 0 N–H and O–H groups in total. The first kappa shape index (κ1) is 10.2. The van der Waals surface area contributed by atoms with E-state index in [1.165, 1.54) is 12.1 Å². The van der Waals surface area contributed by atoms with Gasteiger partial charge >= 0.3 is 0 Å². The van der Waals surface area contributed by atoms with Crippen molar-refractivity contribution in [2.45, 2.75) is 19.3 Å². The second-order valence-corrected chi connectivity index (χ2v) is 3.11. The minimum Gasteiger partial charge on any atom is -0.258 e. The molecule has 0 saturated heterocycles. The highest BCUT2D eigenvalue weighted by atomic mass is 16.6. The number of rotatable bonds is 3. The molecule has 0 radical (unpaired) electrons. The highest BCUT2D eigenvalue weighted by Gasteiger charge is 2.08. The molecule has 14 heavy (non-hydrogen) atoms. The van der Waals surface area contributed by atoms with Gasteiger partial charge in [-0.2, -0.15) is 5.26 Å². The number of nitro groups is 1. The average molecular weight is 190 g/mol. The van der Waals surface area contributed by atoms with Crippen LogP contribution in [0.2, 0.25) is 0 Å². The molecule has 1 aromatic rings. The largest absolute Gasteiger partial charge is 0.269 e. The highest BCUT2D eigenvalue weighted by molar-refractivity contribution is 5.34. The predicted octanol–water partition coefficient (Wildman–Crippen LogP) is 2.61.